The third-order valence-corrected chi connectivity index (χ3v) is 3.73. The van der Waals surface area contributed by atoms with Crippen molar-refractivity contribution in [3.8, 4) is 0 Å². The largest absolute Gasteiger partial charge is 0.480 e. The molecule has 0 saturated carbocycles. The van der Waals surface area contributed by atoms with E-state index in [1.807, 2.05) is 18.3 Å². The number of nitrogens with zero attached hydrogens (tertiary/aromatic N) is 2. The van der Waals surface area contributed by atoms with Crippen molar-refractivity contribution < 1.29 is 9.90 Å². The lowest BCUT2D eigenvalue weighted by Gasteiger charge is -2.38. The first-order valence-corrected chi connectivity index (χ1v) is 6.20. The summed E-state index contributed by atoms with van der Waals surface area (Å²) in [5.74, 6) is -0.744. The van der Waals surface area contributed by atoms with E-state index in [0.29, 0.717) is 12.8 Å². The number of carboxylic acids is 1. The van der Waals surface area contributed by atoms with Gasteiger partial charge in [0.2, 0.25) is 0 Å². The molecule has 2 heterocycles. The van der Waals surface area contributed by atoms with E-state index in [2.05, 4.69) is 15.2 Å². The van der Waals surface area contributed by atoms with Gasteiger partial charge in [0.05, 0.1) is 0 Å². The van der Waals surface area contributed by atoms with E-state index in [1.165, 1.54) is 5.56 Å². The van der Waals surface area contributed by atoms with E-state index in [9.17, 15) is 9.90 Å². The summed E-state index contributed by atoms with van der Waals surface area (Å²) in [4.78, 5) is 17.6. The highest BCUT2D eigenvalue weighted by Crippen LogP contribution is 2.23. The Morgan fingerprint density at radius 2 is 2.28 bits per heavy atom. The molecule has 0 aliphatic carbocycles. The number of hydrogen-bond donors (Lipinski definition) is 2. The van der Waals surface area contributed by atoms with E-state index in [4.69, 9.17) is 0 Å². The Morgan fingerprint density at radius 1 is 1.56 bits per heavy atom. The van der Waals surface area contributed by atoms with Gasteiger partial charge in [-0.1, -0.05) is 6.07 Å². The minimum absolute atomic E-state index is 0.638. The van der Waals surface area contributed by atoms with Gasteiger partial charge in [0.25, 0.3) is 0 Å². The molecule has 2 rings (SSSR count). The van der Waals surface area contributed by atoms with Crippen LogP contribution in [0.3, 0.4) is 0 Å². The van der Waals surface area contributed by atoms with Gasteiger partial charge in [0.1, 0.15) is 5.54 Å². The highest BCUT2D eigenvalue weighted by atomic mass is 16.4. The molecule has 1 aromatic rings. The van der Waals surface area contributed by atoms with Gasteiger partial charge in [0, 0.05) is 32.0 Å². The monoisotopic (exact) mass is 249 g/mol. The molecule has 0 aromatic carbocycles. The quantitative estimate of drug-likeness (QED) is 0.823. The fourth-order valence-electron chi connectivity index (χ4n) is 2.41. The Kier molecular flexibility index (Phi) is 3.93. The summed E-state index contributed by atoms with van der Waals surface area (Å²) in [5.41, 5.74) is 0.426. The Balaban J connectivity index is 1.93. The first-order chi connectivity index (χ1) is 8.66. The van der Waals surface area contributed by atoms with Crippen molar-refractivity contribution in [2.45, 2.75) is 24.9 Å². The van der Waals surface area contributed by atoms with Gasteiger partial charge >= 0.3 is 5.97 Å². The Labute approximate surface area is 107 Å². The molecular formula is C13H19N3O2. The minimum Gasteiger partial charge on any atom is -0.480 e. The third-order valence-electron chi connectivity index (χ3n) is 3.73. The molecule has 2 N–H and O–H groups in total. The number of pyridine rings is 1. The van der Waals surface area contributed by atoms with Gasteiger partial charge in [-0.25, -0.2) is 0 Å². The molecule has 0 atom stereocenters. The number of carboxylic acid groups (broad SMARTS) is 1. The summed E-state index contributed by atoms with van der Waals surface area (Å²) < 4.78 is 0. The Bertz CT molecular complexity index is 400. The first kappa shape index (κ1) is 13.0. The second kappa shape index (κ2) is 5.46. The number of hydrogen-bond acceptors (Lipinski definition) is 4. The topological polar surface area (TPSA) is 65.5 Å². The van der Waals surface area contributed by atoms with Crippen molar-refractivity contribution in [2.24, 2.45) is 0 Å². The number of piperidine rings is 1. The van der Waals surface area contributed by atoms with E-state index in [0.717, 1.165) is 19.6 Å². The Hall–Kier alpha value is -1.46. The number of likely N-dealkylation sites (tertiary alicyclic amines) is 1. The van der Waals surface area contributed by atoms with Gasteiger partial charge in [0.15, 0.2) is 0 Å². The Morgan fingerprint density at radius 3 is 2.78 bits per heavy atom. The number of nitrogens with one attached hydrogen (secondary N) is 1. The first-order valence-electron chi connectivity index (χ1n) is 6.20. The van der Waals surface area contributed by atoms with Crippen molar-refractivity contribution >= 4 is 5.97 Å². The average Bonchev–Trinajstić information content (AvgIpc) is 2.41. The predicted octanol–water partition coefficient (Wildman–Crippen LogP) is 0.720. The van der Waals surface area contributed by atoms with Gasteiger partial charge in [-0.05, 0) is 31.5 Å². The molecule has 1 aliphatic rings. The SMILES string of the molecule is CNC1(C(=O)O)CCN(Cc2cccnc2)CC1. The van der Waals surface area contributed by atoms with Crippen LogP contribution in [-0.2, 0) is 11.3 Å². The van der Waals surface area contributed by atoms with Crippen LogP contribution in [0.5, 0.6) is 0 Å². The van der Waals surface area contributed by atoms with Gasteiger partial charge < -0.3 is 10.4 Å². The maximum Gasteiger partial charge on any atom is 0.323 e. The standard InChI is InChI=1S/C13H19N3O2/c1-14-13(12(17)18)4-7-16(8-5-13)10-11-3-2-6-15-9-11/h2-3,6,9,14H,4-5,7-8,10H2,1H3,(H,17,18). The molecule has 5 heteroatoms. The summed E-state index contributed by atoms with van der Waals surface area (Å²) in [6.07, 6.45) is 4.89. The zero-order valence-electron chi connectivity index (χ0n) is 10.6. The summed E-state index contributed by atoms with van der Waals surface area (Å²) in [5, 5.41) is 12.2. The van der Waals surface area contributed by atoms with Crippen molar-refractivity contribution in [1.82, 2.24) is 15.2 Å². The molecule has 0 bridgehead atoms. The lowest BCUT2D eigenvalue weighted by Crippen LogP contribution is -2.57. The predicted molar refractivity (Wildman–Crippen MR) is 68.2 cm³/mol. The van der Waals surface area contributed by atoms with E-state index < -0.39 is 11.5 Å². The molecule has 98 valence electrons. The summed E-state index contributed by atoms with van der Waals surface area (Å²) in [7, 11) is 1.73. The molecule has 5 nitrogen and oxygen atoms in total. The number of carbonyl (C=O) groups is 1. The molecule has 1 saturated heterocycles. The van der Waals surface area contributed by atoms with Gasteiger partial charge in [-0.3, -0.25) is 14.7 Å². The highest BCUT2D eigenvalue weighted by Gasteiger charge is 2.39. The number of aliphatic carboxylic acids is 1. The minimum atomic E-state index is -0.745. The van der Waals surface area contributed by atoms with Crippen molar-refractivity contribution in [3.05, 3.63) is 30.1 Å². The van der Waals surface area contributed by atoms with Crippen molar-refractivity contribution in [1.29, 1.82) is 0 Å². The van der Waals surface area contributed by atoms with E-state index in [1.54, 1.807) is 13.2 Å². The molecular weight excluding hydrogens is 230 g/mol. The molecule has 18 heavy (non-hydrogen) atoms. The van der Waals surface area contributed by atoms with Crippen LogP contribution >= 0.6 is 0 Å². The van der Waals surface area contributed by atoms with Crippen LogP contribution in [-0.4, -0.2) is 46.6 Å². The van der Waals surface area contributed by atoms with Crippen LogP contribution in [0, 0.1) is 0 Å². The number of likely N-dealkylation sites (N-methyl/N-ethyl adjacent to an activating group) is 1. The highest BCUT2D eigenvalue weighted by molar-refractivity contribution is 5.78. The van der Waals surface area contributed by atoms with Crippen LogP contribution in [0.2, 0.25) is 0 Å². The molecule has 1 aromatic heterocycles. The second-order valence-electron chi connectivity index (χ2n) is 4.77. The van der Waals surface area contributed by atoms with Crippen LogP contribution in [0.1, 0.15) is 18.4 Å². The maximum atomic E-state index is 11.3. The molecule has 0 radical (unpaired) electrons. The van der Waals surface area contributed by atoms with Crippen molar-refractivity contribution in [3.63, 3.8) is 0 Å². The zero-order chi connectivity index (χ0) is 13.0. The second-order valence-corrected chi connectivity index (χ2v) is 4.77. The van der Waals surface area contributed by atoms with E-state index in [-0.39, 0.29) is 0 Å². The number of rotatable bonds is 4. The zero-order valence-corrected chi connectivity index (χ0v) is 10.6. The van der Waals surface area contributed by atoms with Gasteiger partial charge in [-0.2, -0.15) is 0 Å². The van der Waals surface area contributed by atoms with Crippen molar-refractivity contribution in [2.75, 3.05) is 20.1 Å². The lowest BCUT2D eigenvalue weighted by molar-refractivity contribution is -0.146. The van der Waals surface area contributed by atoms with Crippen LogP contribution in [0.15, 0.2) is 24.5 Å². The average molecular weight is 249 g/mol. The van der Waals surface area contributed by atoms with Crippen LogP contribution < -0.4 is 5.32 Å². The summed E-state index contributed by atoms with van der Waals surface area (Å²) in [6.45, 7) is 2.43. The molecule has 0 unspecified atom stereocenters. The van der Waals surface area contributed by atoms with Crippen LogP contribution in [0.25, 0.3) is 0 Å². The molecule has 0 spiro atoms. The molecule has 0 amide bonds. The maximum absolute atomic E-state index is 11.3. The number of aromatic nitrogens is 1. The fourth-order valence-corrected chi connectivity index (χ4v) is 2.41. The molecule has 1 fully saturated rings. The smallest absolute Gasteiger partial charge is 0.323 e. The van der Waals surface area contributed by atoms with Gasteiger partial charge in [-0.15, -0.1) is 0 Å². The third kappa shape index (κ3) is 2.68. The fraction of sp³-hybridized carbons (Fsp3) is 0.538. The summed E-state index contributed by atoms with van der Waals surface area (Å²) in [6, 6.07) is 3.97. The molecule has 1 aliphatic heterocycles. The lowest BCUT2D eigenvalue weighted by atomic mass is 9.87. The van der Waals surface area contributed by atoms with E-state index >= 15 is 0 Å². The van der Waals surface area contributed by atoms with Crippen LogP contribution in [0.4, 0.5) is 0 Å². The normalized spacial score (nSPS) is 19.6. The summed E-state index contributed by atoms with van der Waals surface area (Å²) >= 11 is 0.